The molecule has 0 saturated heterocycles. The first kappa shape index (κ1) is 16.7. The molecule has 0 aliphatic heterocycles. The molecule has 22 heavy (non-hydrogen) atoms. The van der Waals surface area contributed by atoms with E-state index in [4.69, 9.17) is 13.5 Å². The number of nitrogens with zero attached hydrogens (tertiary/aromatic N) is 1. The normalized spacial score (nSPS) is 12.0. The van der Waals surface area contributed by atoms with Gasteiger partial charge in [0.05, 0.1) is 24.3 Å². The molecule has 1 heterocycles. The Labute approximate surface area is 127 Å². The van der Waals surface area contributed by atoms with E-state index < -0.39 is 12.5 Å². The summed E-state index contributed by atoms with van der Waals surface area (Å²) in [5, 5.41) is 11.6. The molecule has 0 aliphatic carbocycles. The van der Waals surface area contributed by atoms with E-state index in [-0.39, 0.29) is 30.6 Å². The number of benzene rings is 1. The topological polar surface area (TPSA) is 91.8 Å². The van der Waals surface area contributed by atoms with E-state index in [1.807, 2.05) is 0 Å². The predicted octanol–water partition coefficient (Wildman–Crippen LogP) is 4.42. The summed E-state index contributed by atoms with van der Waals surface area (Å²) in [6.07, 6.45) is 0.0225. The Hall–Kier alpha value is -1.69. The summed E-state index contributed by atoms with van der Waals surface area (Å²) in [5.41, 5.74) is 0.679. The standard InChI is InChI=1S/C14H18NO6P/c1-4-19-22(18,20-5-2)9-12-10(3)21-14-11(12)7-6-8-13(14)15(16)17/h6-8H,4-5,9H2,1-3H3. The van der Waals surface area contributed by atoms with Crippen LogP contribution in [0.25, 0.3) is 11.0 Å². The molecule has 0 radical (unpaired) electrons. The van der Waals surface area contributed by atoms with Crippen LogP contribution < -0.4 is 0 Å². The van der Waals surface area contributed by atoms with Gasteiger partial charge in [0, 0.05) is 17.0 Å². The van der Waals surface area contributed by atoms with Crippen LogP contribution in [0.5, 0.6) is 0 Å². The fraction of sp³-hybridized carbons (Fsp3) is 0.429. The van der Waals surface area contributed by atoms with Crippen molar-refractivity contribution in [2.45, 2.75) is 26.9 Å². The third kappa shape index (κ3) is 3.21. The van der Waals surface area contributed by atoms with E-state index in [0.717, 1.165) is 0 Å². The highest BCUT2D eigenvalue weighted by atomic mass is 31.2. The molecule has 0 spiro atoms. The first-order chi connectivity index (χ1) is 10.4. The monoisotopic (exact) mass is 327 g/mol. The molecule has 2 aromatic rings. The molecule has 8 heteroatoms. The van der Waals surface area contributed by atoms with Crippen molar-refractivity contribution in [1.82, 2.24) is 0 Å². The van der Waals surface area contributed by atoms with E-state index in [2.05, 4.69) is 0 Å². The van der Waals surface area contributed by atoms with Crippen LogP contribution in [0.1, 0.15) is 25.2 Å². The third-order valence-corrected chi connectivity index (χ3v) is 5.21. The van der Waals surface area contributed by atoms with E-state index in [9.17, 15) is 14.7 Å². The molecule has 0 amide bonds. The average molecular weight is 327 g/mol. The fourth-order valence-corrected chi connectivity index (χ4v) is 4.15. The second-order valence-electron chi connectivity index (χ2n) is 4.65. The fourth-order valence-electron chi connectivity index (χ4n) is 2.33. The first-order valence-corrected chi connectivity index (χ1v) is 8.68. The van der Waals surface area contributed by atoms with Gasteiger partial charge in [-0.2, -0.15) is 0 Å². The van der Waals surface area contributed by atoms with E-state index in [0.29, 0.717) is 16.7 Å². The van der Waals surface area contributed by atoms with Crippen LogP contribution in [0.2, 0.25) is 0 Å². The predicted molar refractivity (Wildman–Crippen MR) is 82.2 cm³/mol. The molecule has 1 aromatic heterocycles. The first-order valence-electron chi connectivity index (χ1n) is 6.95. The number of fused-ring (bicyclic) bond motifs is 1. The maximum absolute atomic E-state index is 12.7. The van der Waals surface area contributed by atoms with Gasteiger partial charge in [-0.3, -0.25) is 14.7 Å². The lowest BCUT2D eigenvalue weighted by Crippen LogP contribution is -1.99. The van der Waals surface area contributed by atoms with Gasteiger partial charge in [0.25, 0.3) is 0 Å². The van der Waals surface area contributed by atoms with Crippen molar-refractivity contribution < 1.29 is 23.0 Å². The van der Waals surface area contributed by atoms with Gasteiger partial charge in [0.1, 0.15) is 5.76 Å². The van der Waals surface area contributed by atoms with Crippen molar-refractivity contribution in [3.63, 3.8) is 0 Å². The minimum absolute atomic E-state index is 0.0225. The molecule has 0 fully saturated rings. The Bertz CT molecular complexity index is 728. The summed E-state index contributed by atoms with van der Waals surface area (Å²) < 4.78 is 28.8. The second kappa shape index (κ2) is 6.60. The molecule has 0 atom stereocenters. The molecule has 1 aromatic carbocycles. The van der Waals surface area contributed by atoms with Crippen molar-refractivity contribution in [2.75, 3.05) is 13.2 Å². The molecule has 0 unspecified atom stereocenters. The van der Waals surface area contributed by atoms with E-state index in [1.54, 1.807) is 32.9 Å². The highest BCUT2D eigenvalue weighted by Gasteiger charge is 2.29. The number of hydrogen-bond donors (Lipinski definition) is 0. The van der Waals surface area contributed by atoms with Crippen LogP contribution in [0.3, 0.4) is 0 Å². The highest BCUT2D eigenvalue weighted by molar-refractivity contribution is 7.53. The van der Waals surface area contributed by atoms with Crippen LogP contribution in [-0.2, 0) is 19.8 Å². The maximum Gasteiger partial charge on any atom is 0.335 e. The van der Waals surface area contributed by atoms with Gasteiger partial charge < -0.3 is 13.5 Å². The number of hydrogen-bond acceptors (Lipinski definition) is 6. The SMILES string of the molecule is CCOP(=O)(Cc1c(C)oc2c([N+](=O)[O-])cccc12)OCC. The molecule has 0 N–H and O–H groups in total. The number of nitro groups is 1. The zero-order valence-corrected chi connectivity index (χ0v) is 13.6. The van der Waals surface area contributed by atoms with Crippen molar-refractivity contribution in [3.05, 3.63) is 39.6 Å². The van der Waals surface area contributed by atoms with Gasteiger partial charge in [0.15, 0.2) is 0 Å². The zero-order valence-electron chi connectivity index (χ0n) is 12.7. The van der Waals surface area contributed by atoms with Crippen LogP contribution in [0.4, 0.5) is 5.69 Å². The Morgan fingerprint density at radius 2 is 1.91 bits per heavy atom. The quantitative estimate of drug-likeness (QED) is 0.425. The number of nitro benzene ring substituents is 1. The third-order valence-electron chi connectivity index (χ3n) is 3.20. The number of rotatable bonds is 7. The Morgan fingerprint density at radius 1 is 1.27 bits per heavy atom. The molecule has 2 rings (SSSR count). The number of para-hydroxylation sites is 1. The maximum atomic E-state index is 12.7. The molecule has 0 aliphatic rings. The minimum atomic E-state index is -3.31. The lowest BCUT2D eigenvalue weighted by molar-refractivity contribution is -0.383. The van der Waals surface area contributed by atoms with E-state index >= 15 is 0 Å². The summed E-state index contributed by atoms with van der Waals surface area (Å²) >= 11 is 0. The lowest BCUT2D eigenvalue weighted by atomic mass is 10.1. The van der Waals surface area contributed by atoms with Gasteiger partial charge in [-0.25, -0.2) is 0 Å². The summed E-state index contributed by atoms with van der Waals surface area (Å²) in [6, 6.07) is 4.65. The van der Waals surface area contributed by atoms with Gasteiger partial charge in [-0.05, 0) is 20.8 Å². The molecular weight excluding hydrogens is 309 g/mol. The molecular formula is C14H18NO6P. The minimum Gasteiger partial charge on any atom is -0.454 e. The van der Waals surface area contributed by atoms with Crippen LogP contribution >= 0.6 is 7.60 Å². The van der Waals surface area contributed by atoms with Crippen LogP contribution in [0, 0.1) is 17.0 Å². The Morgan fingerprint density at radius 3 is 2.45 bits per heavy atom. The summed E-state index contributed by atoms with van der Waals surface area (Å²) in [4.78, 5) is 10.6. The van der Waals surface area contributed by atoms with Gasteiger partial charge in [0.2, 0.25) is 5.58 Å². The van der Waals surface area contributed by atoms with Gasteiger partial charge in [-0.1, -0.05) is 12.1 Å². The number of aryl methyl sites for hydroxylation is 1. The molecule has 0 saturated carbocycles. The average Bonchev–Trinajstić information content (AvgIpc) is 2.75. The van der Waals surface area contributed by atoms with Crippen molar-refractivity contribution in [2.24, 2.45) is 0 Å². The highest BCUT2D eigenvalue weighted by Crippen LogP contribution is 2.53. The van der Waals surface area contributed by atoms with Crippen molar-refractivity contribution in [1.29, 1.82) is 0 Å². The summed E-state index contributed by atoms with van der Waals surface area (Å²) in [6.45, 7) is 5.66. The molecule has 0 bridgehead atoms. The number of non-ortho nitro benzene ring substituents is 1. The van der Waals surface area contributed by atoms with Crippen molar-refractivity contribution in [3.8, 4) is 0 Å². The van der Waals surface area contributed by atoms with Crippen molar-refractivity contribution >= 4 is 24.3 Å². The van der Waals surface area contributed by atoms with E-state index in [1.165, 1.54) is 6.07 Å². The largest absolute Gasteiger partial charge is 0.454 e. The van der Waals surface area contributed by atoms with Crippen LogP contribution in [-0.4, -0.2) is 18.1 Å². The van der Waals surface area contributed by atoms with Gasteiger partial charge in [-0.15, -0.1) is 0 Å². The zero-order chi connectivity index (χ0) is 16.3. The van der Waals surface area contributed by atoms with Crippen LogP contribution in [0.15, 0.2) is 22.6 Å². The summed E-state index contributed by atoms with van der Waals surface area (Å²) in [5.74, 6) is 0.476. The molecule has 120 valence electrons. The Balaban J connectivity index is 2.52. The Kier molecular flexibility index (Phi) is 5.01. The van der Waals surface area contributed by atoms with Gasteiger partial charge >= 0.3 is 13.3 Å². The number of furan rings is 1. The lowest BCUT2D eigenvalue weighted by Gasteiger charge is -2.16. The summed E-state index contributed by atoms with van der Waals surface area (Å²) in [7, 11) is -3.31. The second-order valence-corrected chi connectivity index (χ2v) is 6.71. The molecule has 7 nitrogen and oxygen atoms in total. The smallest absolute Gasteiger partial charge is 0.335 e.